The van der Waals surface area contributed by atoms with Crippen molar-refractivity contribution in [2.24, 2.45) is 0 Å². The van der Waals surface area contributed by atoms with Gasteiger partial charge in [-0.25, -0.2) is 4.79 Å². The van der Waals surface area contributed by atoms with Gasteiger partial charge in [0.25, 0.3) is 10.1 Å². The highest BCUT2D eigenvalue weighted by atomic mass is 32.2. The minimum atomic E-state index is -4.05. The van der Waals surface area contributed by atoms with Crippen molar-refractivity contribution < 1.29 is 27.1 Å². The van der Waals surface area contributed by atoms with Crippen LogP contribution in [0.25, 0.3) is 21.5 Å². The molecule has 0 atom stereocenters. The molecule has 0 aromatic heterocycles. The van der Waals surface area contributed by atoms with Crippen LogP contribution >= 0.6 is 0 Å². The topological polar surface area (TPSA) is 90.2 Å². The summed E-state index contributed by atoms with van der Waals surface area (Å²) in [7, 11) is -2.24. The lowest BCUT2D eigenvalue weighted by molar-refractivity contribution is -0.438. The molecule has 2 heterocycles. The number of ether oxygens (including phenoxy) is 1. The second-order valence-corrected chi connectivity index (χ2v) is 20.6. The highest BCUT2D eigenvalue weighted by Crippen LogP contribution is 2.51. The van der Waals surface area contributed by atoms with Crippen molar-refractivity contribution in [2.45, 2.75) is 117 Å². The monoisotopic (exact) mass is 842 g/mol. The van der Waals surface area contributed by atoms with Crippen molar-refractivity contribution in [3.8, 4) is 0 Å². The molecule has 1 amide bonds. The summed E-state index contributed by atoms with van der Waals surface area (Å²) in [5, 5.41) is 4.89. The van der Waals surface area contributed by atoms with Gasteiger partial charge >= 0.3 is 6.09 Å². The number of anilines is 1. The predicted molar refractivity (Wildman–Crippen MR) is 252 cm³/mol. The van der Waals surface area contributed by atoms with Crippen molar-refractivity contribution >= 4 is 54.8 Å². The molecule has 3 aliphatic rings. The number of rotatable bonds is 13. The van der Waals surface area contributed by atoms with E-state index < -0.39 is 21.8 Å². The Hall–Kier alpha value is -4.99. The molecule has 1 N–H and O–H groups in total. The van der Waals surface area contributed by atoms with Gasteiger partial charge in [0, 0.05) is 54.5 Å². The third-order valence-corrected chi connectivity index (χ3v) is 13.5. The number of fused-ring (bicyclic) bond motifs is 6. The Morgan fingerprint density at radius 3 is 2.15 bits per heavy atom. The Labute approximate surface area is 363 Å². The fourth-order valence-corrected chi connectivity index (χ4v) is 10.4. The molecular weight excluding hydrogens is 779 g/mol. The molecule has 0 bridgehead atoms. The molecule has 0 saturated heterocycles. The van der Waals surface area contributed by atoms with Gasteiger partial charge in [-0.05, 0) is 123 Å². The third kappa shape index (κ3) is 8.87. The van der Waals surface area contributed by atoms with Crippen molar-refractivity contribution in [2.75, 3.05) is 30.8 Å². The molecule has 0 radical (unpaired) electrons. The summed E-state index contributed by atoms with van der Waals surface area (Å²) in [6.07, 6.45) is 14.4. The minimum Gasteiger partial charge on any atom is -0.443 e. The Morgan fingerprint density at radius 1 is 0.836 bits per heavy atom. The zero-order chi connectivity index (χ0) is 43.9. The van der Waals surface area contributed by atoms with Crippen LogP contribution in [0.1, 0.15) is 111 Å². The van der Waals surface area contributed by atoms with E-state index in [0.29, 0.717) is 19.4 Å². The summed E-state index contributed by atoms with van der Waals surface area (Å²) in [6.45, 7) is 18.6. The van der Waals surface area contributed by atoms with E-state index in [4.69, 9.17) is 4.74 Å². The summed E-state index contributed by atoms with van der Waals surface area (Å²) < 4.78 is 41.2. The summed E-state index contributed by atoms with van der Waals surface area (Å²) >= 11 is 0. The van der Waals surface area contributed by atoms with Crippen molar-refractivity contribution in [1.29, 1.82) is 0 Å². The Bertz CT molecular complexity index is 2640. The van der Waals surface area contributed by atoms with Crippen LogP contribution in [0.4, 0.5) is 16.2 Å². The van der Waals surface area contributed by atoms with Crippen LogP contribution < -0.4 is 4.90 Å². The second-order valence-electron chi connectivity index (χ2n) is 19.0. The maximum Gasteiger partial charge on any atom is 0.414 e. The molecular formula is C52H64N3O5S+. The lowest BCUT2D eigenvalue weighted by atomic mass is 9.79. The van der Waals surface area contributed by atoms with Gasteiger partial charge in [-0.3, -0.25) is 9.45 Å². The summed E-state index contributed by atoms with van der Waals surface area (Å²) in [6, 6.07) is 26.0. The smallest absolute Gasteiger partial charge is 0.414 e. The van der Waals surface area contributed by atoms with E-state index in [1.54, 1.807) is 4.90 Å². The number of amides is 1. The number of carbonyl (C=O) groups is 1. The molecule has 61 heavy (non-hydrogen) atoms. The van der Waals surface area contributed by atoms with Gasteiger partial charge < -0.3 is 9.64 Å². The first-order chi connectivity index (χ1) is 28.8. The van der Waals surface area contributed by atoms with E-state index in [1.807, 2.05) is 27.8 Å². The molecule has 8 nitrogen and oxygen atoms in total. The zero-order valence-corrected chi connectivity index (χ0v) is 38.5. The van der Waals surface area contributed by atoms with E-state index >= 15 is 0 Å². The minimum absolute atomic E-state index is 0.254. The first kappa shape index (κ1) is 44.1. The van der Waals surface area contributed by atoms with Crippen LogP contribution in [0.3, 0.4) is 0 Å². The molecule has 9 heteroatoms. The Morgan fingerprint density at radius 2 is 1.49 bits per heavy atom. The SMILES string of the molecule is CCCCC[N+]1=C(/C=C/C2=C(N(C)C(=O)OC(C)(C)C)C(=C/C=C3/N(CCCCS(=O)(=O)O)c4ccc5ccccc5c4C3(C)C)/CC2)C(C)(C)c2c1ccc1ccccc21. The maximum absolute atomic E-state index is 13.9. The summed E-state index contributed by atoms with van der Waals surface area (Å²) in [5.41, 5.74) is 9.00. The molecule has 0 saturated carbocycles. The lowest BCUT2D eigenvalue weighted by Gasteiger charge is -2.28. The van der Waals surface area contributed by atoms with E-state index in [0.717, 1.165) is 66.9 Å². The number of allylic oxidation sites excluding steroid dienone is 7. The van der Waals surface area contributed by atoms with Gasteiger partial charge in [0.05, 0.1) is 16.9 Å². The molecule has 2 aliphatic heterocycles. The van der Waals surface area contributed by atoms with E-state index in [1.165, 1.54) is 44.1 Å². The van der Waals surface area contributed by atoms with Gasteiger partial charge in [-0.15, -0.1) is 0 Å². The van der Waals surface area contributed by atoms with Crippen molar-refractivity contribution in [3.05, 3.63) is 131 Å². The van der Waals surface area contributed by atoms with Gasteiger partial charge in [0.2, 0.25) is 5.69 Å². The summed E-state index contributed by atoms with van der Waals surface area (Å²) in [4.78, 5) is 17.9. The highest BCUT2D eigenvalue weighted by molar-refractivity contribution is 7.85. The third-order valence-electron chi connectivity index (χ3n) is 12.7. The lowest BCUT2D eigenvalue weighted by Crippen LogP contribution is -2.34. The first-order valence-electron chi connectivity index (χ1n) is 22.0. The number of unbranched alkanes of at least 4 members (excludes halogenated alkanes) is 3. The standard InChI is InChI=1S/C52H63N3O5S/c1-10-11-16-33-54-42-29-25-36-19-12-14-21-40(36)46(42)51(5,6)44(54)31-27-38-23-24-39(48(38)53(9)49(56)60-50(2,3)4)28-32-45-52(7,8)47-41-22-15-13-20-37(41)26-30-43(47)55(45)34-17-18-35-61(57,58)59/h12-15,19-22,25-32H,10-11,16-18,23-24,33-35H2,1-9H3/p+1. The van der Waals surface area contributed by atoms with Crippen LogP contribution in [0.5, 0.6) is 0 Å². The first-order valence-corrected chi connectivity index (χ1v) is 23.7. The molecule has 0 unspecified atom stereocenters. The van der Waals surface area contributed by atoms with Gasteiger partial charge in [0.1, 0.15) is 12.1 Å². The van der Waals surface area contributed by atoms with E-state index in [9.17, 15) is 17.8 Å². The van der Waals surface area contributed by atoms with Gasteiger partial charge in [-0.1, -0.05) is 93.9 Å². The van der Waals surface area contributed by atoms with Crippen LogP contribution in [-0.4, -0.2) is 65.7 Å². The van der Waals surface area contributed by atoms with Gasteiger partial charge in [-0.2, -0.15) is 13.0 Å². The molecule has 1 aliphatic carbocycles. The number of hydrogen-bond donors (Lipinski definition) is 1. The second kappa shape index (κ2) is 17.1. The number of carbonyl (C=O) groups excluding carboxylic acids is 1. The summed E-state index contributed by atoms with van der Waals surface area (Å²) in [5.74, 6) is -0.269. The number of benzene rings is 4. The van der Waals surface area contributed by atoms with Crippen LogP contribution in [-0.2, 0) is 25.7 Å². The Balaban J connectivity index is 1.33. The fourth-order valence-electron chi connectivity index (χ4n) is 9.88. The zero-order valence-electron chi connectivity index (χ0n) is 37.6. The average Bonchev–Trinajstić information content (AvgIpc) is 3.77. The predicted octanol–water partition coefficient (Wildman–Crippen LogP) is 12.3. The van der Waals surface area contributed by atoms with Crippen LogP contribution in [0.2, 0.25) is 0 Å². The van der Waals surface area contributed by atoms with Crippen molar-refractivity contribution in [3.63, 3.8) is 0 Å². The molecule has 322 valence electrons. The number of nitrogens with zero attached hydrogens (tertiary/aromatic N) is 3. The quantitative estimate of drug-likeness (QED) is 0.0819. The molecule has 0 spiro atoms. The Kier molecular flexibility index (Phi) is 12.3. The maximum atomic E-state index is 13.9. The fraction of sp³-hybridized carbons (Fsp3) is 0.423. The van der Waals surface area contributed by atoms with E-state index in [-0.39, 0.29) is 16.6 Å². The molecule has 7 rings (SSSR count). The number of hydrogen-bond acceptors (Lipinski definition) is 5. The average molecular weight is 843 g/mol. The molecule has 0 fully saturated rings. The highest BCUT2D eigenvalue weighted by Gasteiger charge is 2.46. The largest absolute Gasteiger partial charge is 0.443 e. The number of likely N-dealkylation sites (N-methyl/N-ethyl adjacent to an activating group) is 1. The normalized spacial score (nSPS) is 18.7. The van der Waals surface area contributed by atoms with Crippen LogP contribution in [0.15, 0.2) is 120 Å². The van der Waals surface area contributed by atoms with Crippen molar-refractivity contribution in [1.82, 2.24) is 4.90 Å². The molecule has 4 aromatic rings. The van der Waals surface area contributed by atoms with E-state index in [2.05, 4.69) is 141 Å². The van der Waals surface area contributed by atoms with Gasteiger partial charge in [0.15, 0.2) is 5.71 Å². The molecule has 4 aromatic carbocycles. The van der Waals surface area contributed by atoms with Crippen LogP contribution in [0, 0.1) is 0 Å².